The average molecular weight is 321 g/mol. The fourth-order valence-electron chi connectivity index (χ4n) is 1.98. The van der Waals surface area contributed by atoms with Crippen LogP contribution in [0.5, 0.6) is 5.75 Å². The summed E-state index contributed by atoms with van der Waals surface area (Å²) >= 11 is 0. The first-order chi connectivity index (χ1) is 11.6. The molecule has 0 atom stereocenters. The summed E-state index contributed by atoms with van der Waals surface area (Å²) in [5, 5.41) is 9.09. The lowest BCUT2D eigenvalue weighted by Gasteiger charge is -2.07. The highest BCUT2D eigenvalue weighted by molar-refractivity contribution is 5.97. The van der Waals surface area contributed by atoms with Gasteiger partial charge in [0, 0.05) is 0 Å². The highest BCUT2D eigenvalue weighted by Crippen LogP contribution is 2.16. The van der Waals surface area contributed by atoms with E-state index in [1.165, 1.54) is 6.08 Å². The van der Waals surface area contributed by atoms with Crippen LogP contribution in [0.1, 0.15) is 25.0 Å². The minimum absolute atomic E-state index is 0.0262. The molecule has 0 aromatic heterocycles. The van der Waals surface area contributed by atoms with Crippen molar-refractivity contribution in [3.05, 3.63) is 71.3 Å². The van der Waals surface area contributed by atoms with E-state index in [0.29, 0.717) is 6.61 Å². The van der Waals surface area contributed by atoms with Crippen LogP contribution in [0.15, 0.2) is 60.2 Å². The predicted molar refractivity (Wildman–Crippen MR) is 92.0 cm³/mol. The number of ether oxygens (including phenoxy) is 2. The Morgan fingerprint density at radius 3 is 2.38 bits per heavy atom. The Balaban J connectivity index is 2.01. The molecule has 0 N–H and O–H groups in total. The number of nitrogens with zero attached hydrogens (tertiary/aromatic N) is 1. The van der Waals surface area contributed by atoms with Gasteiger partial charge in [-0.3, -0.25) is 0 Å². The van der Waals surface area contributed by atoms with Crippen molar-refractivity contribution < 1.29 is 14.3 Å². The molecule has 0 radical (unpaired) electrons. The van der Waals surface area contributed by atoms with Crippen molar-refractivity contribution >= 4 is 12.0 Å². The van der Waals surface area contributed by atoms with Gasteiger partial charge in [0.25, 0.3) is 0 Å². The van der Waals surface area contributed by atoms with Gasteiger partial charge in [0.05, 0.1) is 6.10 Å². The van der Waals surface area contributed by atoms with E-state index in [1.54, 1.807) is 38.1 Å². The summed E-state index contributed by atoms with van der Waals surface area (Å²) in [6.07, 6.45) is 1.24. The monoisotopic (exact) mass is 321 g/mol. The molecule has 4 nitrogen and oxygen atoms in total. The van der Waals surface area contributed by atoms with Crippen LogP contribution >= 0.6 is 0 Å². The maximum absolute atomic E-state index is 11.8. The van der Waals surface area contributed by atoms with Crippen molar-refractivity contribution in [1.82, 2.24) is 0 Å². The van der Waals surface area contributed by atoms with Crippen LogP contribution in [-0.2, 0) is 16.1 Å². The van der Waals surface area contributed by atoms with Crippen LogP contribution in [0.4, 0.5) is 0 Å². The minimum Gasteiger partial charge on any atom is -0.489 e. The van der Waals surface area contributed by atoms with Gasteiger partial charge in [-0.1, -0.05) is 42.5 Å². The fourth-order valence-corrected chi connectivity index (χ4v) is 1.98. The van der Waals surface area contributed by atoms with Gasteiger partial charge in [0.2, 0.25) is 0 Å². The molecule has 122 valence electrons. The van der Waals surface area contributed by atoms with Crippen LogP contribution in [0, 0.1) is 11.3 Å². The fraction of sp³-hybridized carbons (Fsp3) is 0.200. The first-order valence-corrected chi connectivity index (χ1v) is 7.68. The molecule has 0 amide bonds. The lowest BCUT2D eigenvalue weighted by Crippen LogP contribution is -2.12. The van der Waals surface area contributed by atoms with Gasteiger partial charge in [-0.25, -0.2) is 4.79 Å². The maximum atomic E-state index is 11.8. The summed E-state index contributed by atoms with van der Waals surface area (Å²) in [5.74, 6) is 0.108. The Bertz CT molecular complexity index is 741. The molecule has 2 aromatic carbocycles. The van der Waals surface area contributed by atoms with E-state index < -0.39 is 5.97 Å². The molecule has 0 aliphatic heterocycles. The van der Waals surface area contributed by atoms with Crippen molar-refractivity contribution in [3.63, 3.8) is 0 Å². The molecule has 0 fully saturated rings. The van der Waals surface area contributed by atoms with Crippen LogP contribution < -0.4 is 4.74 Å². The Morgan fingerprint density at radius 1 is 1.12 bits per heavy atom. The van der Waals surface area contributed by atoms with E-state index in [1.807, 2.05) is 36.4 Å². The molecule has 0 saturated heterocycles. The molecule has 0 bridgehead atoms. The molecule has 0 unspecified atom stereocenters. The van der Waals surface area contributed by atoms with Crippen LogP contribution in [-0.4, -0.2) is 12.1 Å². The number of carbonyl (C=O) groups excluding carboxylic acids is 1. The van der Waals surface area contributed by atoms with E-state index in [-0.39, 0.29) is 11.7 Å². The Hall–Kier alpha value is -3.06. The van der Waals surface area contributed by atoms with Gasteiger partial charge in [0.15, 0.2) is 0 Å². The molecule has 24 heavy (non-hydrogen) atoms. The van der Waals surface area contributed by atoms with Crippen molar-refractivity contribution in [1.29, 1.82) is 5.26 Å². The second kappa shape index (κ2) is 8.54. The third-order valence-electron chi connectivity index (χ3n) is 3.12. The average Bonchev–Trinajstić information content (AvgIpc) is 2.59. The predicted octanol–water partition coefficient (Wildman–Crippen LogP) is 4.12. The van der Waals surface area contributed by atoms with Crippen molar-refractivity contribution in [3.8, 4) is 11.8 Å². The molecular formula is C20H19NO3. The first kappa shape index (κ1) is 17.3. The summed E-state index contributed by atoms with van der Waals surface area (Å²) in [5.41, 5.74) is 1.80. The van der Waals surface area contributed by atoms with Gasteiger partial charge in [-0.15, -0.1) is 0 Å². The van der Waals surface area contributed by atoms with Gasteiger partial charge in [-0.2, -0.15) is 5.26 Å². The second-order valence-electron chi connectivity index (χ2n) is 5.47. The summed E-state index contributed by atoms with van der Waals surface area (Å²) in [7, 11) is 0. The minimum atomic E-state index is -0.614. The van der Waals surface area contributed by atoms with Gasteiger partial charge in [-0.05, 0) is 43.2 Å². The quantitative estimate of drug-likeness (QED) is 0.456. The number of hydrogen-bond acceptors (Lipinski definition) is 4. The van der Waals surface area contributed by atoms with Gasteiger partial charge < -0.3 is 9.47 Å². The summed E-state index contributed by atoms with van der Waals surface area (Å²) in [4.78, 5) is 11.8. The first-order valence-electron chi connectivity index (χ1n) is 7.68. The van der Waals surface area contributed by atoms with E-state index >= 15 is 0 Å². The zero-order chi connectivity index (χ0) is 17.4. The van der Waals surface area contributed by atoms with E-state index in [9.17, 15) is 4.79 Å². The molecule has 0 aliphatic carbocycles. The van der Waals surface area contributed by atoms with Crippen LogP contribution in [0.2, 0.25) is 0 Å². The lowest BCUT2D eigenvalue weighted by atomic mass is 10.1. The van der Waals surface area contributed by atoms with E-state index in [0.717, 1.165) is 16.9 Å². The Labute approximate surface area is 141 Å². The van der Waals surface area contributed by atoms with E-state index in [2.05, 4.69) is 0 Å². The third-order valence-corrected chi connectivity index (χ3v) is 3.12. The summed E-state index contributed by atoms with van der Waals surface area (Å²) in [6, 6.07) is 18.9. The van der Waals surface area contributed by atoms with Crippen LogP contribution in [0.3, 0.4) is 0 Å². The molecular weight excluding hydrogens is 302 g/mol. The number of rotatable bonds is 6. The molecule has 0 spiro atoms. The zero-order valence-corrected chi connectivity index (χ0v) is 13.7. The molecule has 0 heterocycles. The maximum Gasteiger partial charge on any atom is 0.349 e. The molecule has 2 rings (SSSR count). The largest absolute Gasteiger partial charge is 0.489 e. The van der Waals surface area contributed by atoms with E-state index in [4.69, 9.17) is 14.7 Å². The SMILES string of the molecule is CC(C)OC(=O)/C(C#N)=C/c1ccc(OCc2ccccc2)cc1. The van der Waals surface area contributed by atoms with Crippen molar-refractivity contribution in [2.75, 3.05) is 0 Å². The summed E-state index contributed by atoms with van der Waals surface area (Å²) in [6.45, 7) is 3.97. The normalized spacial score (nSPS) is 11.0. The van der Waals surface area contributed by atoms with Gasteiger partial charge in [0.1, 0.15) is 24.0 Å². The number of benzene rings is 2. The number of hydrogen-bond donors (Lipinski definition) is 0. The van der Waals surface area contributed by atoms with Gasteiger partial charge >= 0.3 is 5.97 Å². The molecule has 4 heteroatoms. The molecule has 0 saturated carbocycles. The number of carbonyl (C=O) groups is 1. The molecule has 0 aliphatic rings. The number of esters is 1. The lowest BCUT2D eigenvalue weighted by molar-refractivity contribution is -0.142. The number of nitriles is 1. The van der Waals surface area contributed by atoms with Crippen LogP contribution in [0.25, 0.3) is 6.08 Å². The third kappa shape index (κ3) is 5.29. The highest BCUT2D eigenvalue weighted by atomic mass is 16.5. The van der Waals surface area contributed by atoms with Crippen molar-refractivity contribution in [2.24, 2.45) is 0 Å². The zero-order valence-electron chi connectivity index (χ0n) is 13.7. The highest BCUT2D eigenvalue weighted by Gasteiger charge is 2.12. The Morgan fingerprint density at radius 2 is 1.79 bits per heavy atom. The summed E-state index contributed by atoms with van der Waals surface area (Å²) < 4.78 is 10.7. The smallest absolute Gasteiger partial charge is 0.349 e. The molecule has 2 aromatic rings. The Kier molecular flexibility index (Phi) is 6.16. The van der Waals surface area contributed by atoms with Crippen molar-refractivity contribution in [2.45, 2.75) is 26.6 Å². The standard InChI is InChI=1S/C20H19NO3/c1-15(2)24-20(22)18(13-21)12-16-8-10-19(11-9-16)23-14-17-6-4-3-5-7-17/h3-12,15H,14H2,1-2H3/b18-12+. The topological polar surface area (TPSA) is 59.3 Å². The second-order valence-corrected chi connectivity index (χ2v) is 5.47.